The van der Waals surface area contributed by atoms with Crippen molar-refractivity contribution in [2.24, 2.45) is 0 Å². The summed E-state index contributed by atoms with van der Waals surface area (Å²) in [5, 5.41) is 0. The van der Waals surface area contributed by atoms with Crippen LogP contribution < -0.4 is 0 Å². The predicted molar refractivity (Wildman–Crippen MR) is 41.0 cm³/mol. The molecule has 0 rings (SSSR count). The molecule has 0 aromatic carbocycles. The Labute approximate surface area is 77.4 Å². The number of hydrogen-bond acceptors (Lipinski definition) is 2. The Morgan fingerprint density at radius 2 is 1.92 bits per heavy atom. The zero-order chi connectivity index (χ0) is 9.72. The topological polar surface area (TPSA) is 26.3 Å². The fourth-order valence-electron chi connectivity index (χ4n) is 0.410. The summed E-state index contributed by atoms with van der Waals surface area (Å²) in [7, 11) is 1.03. The van der Waals surface area contributed by atoms with Gasteiger partial charge in [0.2, 0.25) is 0 Å². The van der Waals surface area contributed by atoms with Crippen molar-refractivity contribution in [2.75, 3.05) is 7.11 Å². The van der Waals surface area contributed by atoms with Gasteiger partial charge in [-0.05, 0) is 0 Å². The second kappa shape index (κ2) is 5.11. The van der Waals surface area contributed by atoms with Gasteiger partial charge in [0.25, 0.3) is 6.08 Å². The van der Waals surface area contributed by atoms with Gasteiger partial charge in [-0.15, -0.1) is 0 Å². The fourth-order valence-corrected chi connectivity index (χ4v) is 0.673. The van der Waals surface area contributed by atoms with E-state index in [4.69, 9.17) is 23.2 Å². The SMILES string of the molecule is COC(=O)C(C=C(F)F)=C(Cl)Cl. The first-order chi connectivity index (χ1) is 5.49. The Hall–Kier alpha value is -0.610. The molecule has 0 aliphatic carbocycles. The lowest BCUT2D eigenvalue weighted by molar-refractivity contribution is -0.135. The van der Waals surface area contributed by atoms with E-state index in [2.05, 4.69) is 4.74 Å². The largest absolute Gasteiger partial charge is 0.465 e. The first-order valence-electron chi connectivity index (χ1n) is 2.65. The summed E-state index contributed by atoms with van der Waals surface area (Å²) in [6.45, 7) is 0. The van der Waals surface area contributed by atoms with Gasteiger partial charge >= 0.3 is 5.97 Å². The number of ether oxygens (including phenoxy) is 1. The van der Waals surface area contributed by atoms with Crippen molar-refractivity contribution >= 4 is 29.2 Å². The van der Waals surface area contributed by atoms with Crippen LogP contribution in [-0.4, -0.2) is 13.1 Å². The number of halogens is 4. The molecule has 0 saturated heterocycles. The quantitative estimate of drug-likeness (QED) is 0.403. The molecule has 0 aromatic rings. The van der Waals surface area contributed by atoms with Crippen molar-refractivity contribution in [3.8, 4) is 0 Å². The van der Waals surface area contributed by atoms with Gasteiger partial charge in [-0.25, -0.2) is 4.79 Å². The highest BCUT2D eigenvalue weighted by Gasteiger charge is 2.12. The highest BCUT2D eigenvalue weighted by molar-refractivity contribution is 6.57. The average Bonchev–Trinajstić information content (AvgIpc) is 1.98. The minimum absolute atomic E-state index is 0.237. The number of esters is 1. The van der Waals surface area contributed by atoms with E-state index in [1.165, 1.54) is 0 Å². The molecule has 2 nitrogen and oxygen atoms in total. The predicted octanol–water partition coefficient (Wildman–Crippen LogP) is 2.63. The van der Waals surface area contributed by atoms with Crippen LogP contribution in [0.4, 0.5) is 8.78 Å². The Kier molecular flexibility index (Phi) is 4.85. The van der Waals surface area contributed by atoms with E-state index in [1.54, 1.807) is 0 Å². The van der Waals surface area contributed by atoms with Gasteiger partial charge in [-0.3, -0.25) is 0 Å². The number of hydrogen-bond donors (Lipinski definition) is 0. The van der Waals surface area contributed by atoms with Crippen LogP contribution in [0.1, 0.15) is 0 Å². The molecular formula is C6H4Cl2F2O2. The molecule has 0 spiro atoms. The molecule has 0 atom stereocenters. The summed E-state index contributed by atoms with van der Waals surface area (Å²) in [4.78, 5) is 10.7. The molecule has 12 heavy (non-hydrogen) atoms. The minimum atomic E-state index is -2.07. The zero-order valence-electron chi connectivity index (χ0n) is 5.91. The van der Waals surface area contributed by atoms with Crippen LogP contribution in [0.2, 0.25) is 0 Å². The minimum Gasteiger partial charge on any atom is -0.465 e. The maximum absolute atomic E-state index is 11.6. The zero-order valence-corrected chi connectivity index (χ0v) is 7.42. The first kappa shape index (κ1) is 11.4. The van der Waals surface area contributed by atoms with Gasteiger partial charge in [0.1, 0.15) is 4.49 Å². The van der Waals surface area contributed by atoms with Crippen LogP contribution in [-0.2, 0) is 9.53 Å². The molecule has 6 heteroatoms. The maximum atomic E-state index is 11.6. The summed E-state index contributed by atoms with van der Waals surface area (Å²) in [5.41, 5.74) is -0.569. The highest BCUT2D eigenvalue weighted by atomic mass is 35.5. The molecule has 68 valence electrons. The molecule has 0 unspecified atom stereocenters. The smallest absolute Gasteiger partial charge is 0.340 e. The third-order valence-electron chi connectivity index (χ3n) is 0.862. The van der Waals surface area contributed by atoms with E-state index < -0.39 is 22.1 Å². The molecule has 0 aliphatic heterocycles. The van der Waals surface area contributed by atoms with Crippen molar-refractivity contribution < 1.29 is 18.3 Å². The normalized spacial score (nSPS) is 8.75. The van der Waals surface area contributed by atoms with Crippen molar-refractivity contribution in [1.29, 1.82) is 0 Å². The lowest BCUT2D eigenvalue weighted by atomic mass is 10.3. The molecule has 0 heterocycles. The molecule has 0 bridgehead atoms. The summed E-state index contributed by atoms with van der Waals surface area (Å²) < 4.78 is 26.9. The van der Waals surface area contributed by atoms with Gasteiger partial charge in [0.05, 0.1) is 12.7 Å². The standard InChI is InChI=1S/C6H4Cl2F2O2/c1-12-6(11)3(5(7)8)2-4(9)10/h2H,1H3. The lowest BCUT2D eigenvalue weighted by Gasteiger charge is -1.97. The molecular weight excluding hydrogens is 213 g/mol. The van der Waals surface area contributed by atoms with E-state index in [0.717, 1.165) is 7.11 Å². The molecule has 0 saturated carbocycles. The second-order valence-electron chi connectivity index (χ2n) is 1.60. The van der Waals surface area contributed by atoms with Gasteiger partial charge in [-0.1, -0.05) is 23.2 Å². The summed E-state index contributed by atoms with van der Waals surface area (Å²) in [5.74, 6) is -1.01. The van der Waals surface area contributed by atoms with Gasteiger partial charge in [0.15, 0.2) is 0 Å². The molecule has 0 aromatic heterocycles. The fraction of sp³-hybridized carbons (Fsp3) is 0.167. The van der Waals surface area contributed by atoms with Crippen LogP contribution in [0.15, 0.2) is 22.2 Å². The second-order valence-corrected chi connectivity index (χ2v) is 2.55. The molecule has 0 radical (unpaired) electrons. The van der Waals surface area contributed by atoms with Crippen LogP contribution in [0.25, 0.3) is 0 Å². The summed E-state index contributed by atoms with van der Waals surface area (Å²) in [6, 6.07) is 0. The molecule has 0 N–H and O–H groups in total. The van der Waals surface area contributed by atoms with Crippen LogP contribution >= 0.6 is 23.2 Å². The lowest BCUT2D eigenvalue weighted by Crippen LogP contribution is -2.03. The number of methoxy groups -OCH3 is 1. The number of rotatable bonds is 2. The van der Waals surface area contributed by atoms with Crippen LogP contribution in [0, 0.1) is 0 Å². The Morgan fingerprint density at radius 3 is 2.17 bits per heavy atom. The number of carbonyl (C=O) groups excluding carboxylic acids is 1. The van der Waals surface area contributed by atoms with Crippen molar-refractivity contribution in [3.63, 3.8) is 0 Å². The average molecular weight is 217 g/mol. The van der Waals surface area contributed by atoms with E-state index in [9.17, 15) is 13.6 Å². The van der Waals surface area contributed by atoms with E-state index in [1.807, 2.05) is 0 Å². The first-order valence-corrected chi connectivity index (χ1v) is 3.41. The third-order valence-corrected chi connectivity index (χ3v) is 1.27. The van der Waals surface area contributed by atoms with Gasteiger partial charge < -0.3 is 4.74 Å². The van der Waals surface area contributed by atoms with Gasteiger partial charge in [-0.2, -0.15) is 8.78 Å². The molecule has 0 aliphatic rings. The van der Waals surface area contributed by atoms with Crippen LogP contribution in [0.5, 0.6) is 0 Å². The summed E-state index contributed by atoms with van der Waals surface area (Å²) in [6.07, 6.45) is -1.84. The Morgan fingerprint density at radius 1 is 1.42 bits per heavy atom. The van der Waals surface area contributed by atoms with Crippen molar-refractivity contribution in [3.05, 3.63) is 22.2 Å². The Balaban J connectivity index is 4.84. The van der Waals surface area contributed by atoms with Crippen molar-refractivity contribution in [2.45, 2.75) is 0 Å². The maximum Gasteiger partial charge on any atom is 0.340 e. The van der Waals surface area contributed by atoms with E-state index in [0.29, 0.717) is 0 Å². The Bertz CT molecular complexity index is 240. The third kappa shape index (κ3) is 3.69. The van der Waals surface area contributed by atoms with Crippen molar-refractivity contribution in [1.82, 2.24) is 0 Å². The monoisotopic (exact) mass is 216 g/mol. The highest BCUT2D eigenvalue weighted by Crippen LogP contribution is 2.18. The molecule has 0 amide bonds. The van der Waals surface area contributed by atoms with E-state index in [-0.39, 0.29) is 6.08 Å². The van der Waals surface area contributed by atoms with Crippen LogP contribution in [0.3, 0.4) is 0 Å². The summed E-state index contributed by atoms with van der Waals surface area (Å²) >= 11 is 10.3. The number of carbonyl (C=O) groups is 1. The van der Waals surface area contributed by atoms with E-state index >= 15 is 0 Å². The van der Waals surface area contributed by atoms with Gasteiger partial charge in [0, 0.05) is 6.08 Å². The molecule has 0 fully saturated rings.